The van der Waals surface area contributed by atoms with Crippen LogP contribution in [0.2, 0.25) is 5.02 Å². The van der Waals surface area contributed by atoms with E-state index in [1.807, 2.05) is 48.7 Å². The van der Waals surface area contributed by atoms with Crippen LogP contribution in [0.25, 0.3) is 0 Å². The number of nitrogens with one attached hydrogen (secondary N) is 1. The Hall–Kier alpha value is -2.57. The van der Waals surface area contributed by atoms with Gasteiger partial charge in [0, 0.05) is 10.4 Å². The summed E-state index contributed by atoms with van der Waals surface area (Å²) in [4.78, 5) is 4.39. The van der Waals surface area contributed by atoms with Crippen LogP contribution in [-0.4, -0.2) is 18.3 Å². The van der Waals surface area contributed by atoms with Crippen LogP contribution in [0.1, 0.15) is 16.3 Å². The van der Waals surface area contributed by atoms with E-state index in [4.69, 9.17) is 21.1 Å². The zero-order chi connectivity index (χ0) is 18.4. The molecule has 0 aliphatic heterocycles. The molecule has 3 aromatic rings. The molecular weight excluding hydrogens is 370 g/mol. The highest BCUT2D eigenvalue weighted by atomic mass is 35.5. The van der Waals surface area contributed by atoms with Crippen LogP contribution in [0, 0.1) is 6.92 Å². The van der Waals surface area contributed by atoms with Crippen molar-refractivity contribution in [2.45, 2.75) is 13.5 Å². The summed E-state index contributed by atoms with van der Waals surface area (Å²) in [5.74, 6) is 1.31. The van der Waals surface area contributed by atoms with E-state index in [9.17, 15) is 0 Å². The minimum Gasteiger partial charge on any atom is -0.493 e. The molecule has 26 heavy (non-hydrogen) atoms. The number of methoxy groups -OCH3 is 1. The summed E-state index contributed by atoms with van der Waals surface area (Å²) in [5, 5.41) is 7.88. The van der Waals surface area contributed by atoms with Crippen LogP contribution in [0.15, 0.2) is 52.9 Å². The van der Waals surface area contributed by atoms with Crippen molar-refractivity contribution < 1.29 is 9.47 Å². The van der Waals surface area contributed by atoms with Crippen LogP contribution < -0.4 is 14.9 Å². The van der Waals surface area contributed by atoms with E-state index in [1.54, 1.807) is 30.7 Å². The van der Waals surface area contributed by atoms with Crippen molar-refractivity contribution >= 4 is 34.8 Å². The maximum absolute atomic E-state index is 5.95. The van der Waals surface area contributed by atoms with Crippen LogP contribution in [-0.2, 0) is 6.61 Å². The topological polar surface area (TPSA) is 55.7 Å². The number of ether oxygens (including phenoxy) is 2. The Labute approximate surface area is 161 Å². The van der Waals surface area contributed by atoms with Gasteiger partial charge in [-0.3, -0.25) is 5.43 Å². The standard InChI is InChI=1S/C19H18ClN3O2S/c1-13-22-17(12-26-13)11-25-18-7-6-14(8-19(18)24-2)10-21-23-16-5-3-4-15(20)9-16/h3-10,12,23H,11H2,1-2H3/b21-10-. The minimum absolute atomic E-state index is 0.407. The lowest BCUT2D eigenvalue weighted by Crippen LogP contribution is -1.99. The van der Waals surface area contributed by atoms with Gasteiger partial charge in [-0.25, -0.2) is 4.98 Å². The molecular formula is C19H18ClN3O2S. The molecule has 0 fully saturated rings. The number of hydrogen-bond acceptors (Lipinski definition) is 6. The molecule has 1 N–H and O–H groups in total. The Morgan fingerprint density at radius 1 is 1.23 bits per heavy atom. The first kappa shape index (κ1) is 18.2. The van der Waals surface area contributed by atoms with Crippen molar-refractivity contribution in [3.05, 3.63) is 69.1 Å². The van der Waals surface area contributed by atoms with Gasteiger partial charge < -0.3 is 9.47 Å². The number of thiazole rings is 1. The third kappa shape index (κ3) is 4.97. The molecule has 0 radical (unpaired) electrons. The molecule has 0 amide bonds. The molecule has 7 heteroatoms. The number of anilines is 1. The Balaban J connectivity index is 1.64. The molecule has 134 valence electrons. The fourth-order valence-electron chi connectivity index (χ4n) is 2.25. The van der Waals surface area contributed by atoms with E-state index in [2.05, 4.69) is 15.5 Å². The Morgan fingerprint density at radius 3 is 2.85 bits per heavy atom. The summed E-state index contributed by atoms with van der Waals surface area (Å²) >= 11 is 7.55. The summed E-state index contributed by atoms with van der Waals surface area (Å²) in [6.07, 6.45) is 1.71. The van der Waals surface area contributed by atoms with Crippen molar-refractivity contribution in [3.63, 3.8) is 0 Å². The summed E-state index contributed by atoms with van der Waals surface area (Å²) in [6, 6.07) is 13.0. The SMILES string of the molecule is COc1cc(/C=N\Nc2cccc(Cl)c2)ccc1OCc1csc(C)n1. The molecule has 0 aliphatic rings. The van der Waals surface area contributed by atoms with Gasteiger partial charge in [-0.1, -0.05) is 17.7 Å². The van der Waals surface area contributed by atoms with Gasteiger partial charge in [0.2, 0.25) is 0 Å². The number of halogens is 1. The first-order valence-electron chi connectivity index (χ1n) is 7.90. The Bertz CT molecular complexity index is 911. The lowest BCUT2D eigenvalue weighted by molar-refractivity contribution is 0.281. The molecule has 0 bridgehead atoms. The number of hydrogen-bond donors (Lipinski definition) is 1. The lowest BCUT2D eigenvalue weighted by atomic mass is 10.2. The largest absolute Gasteiger partial charge is 0.493 e. The van der Waals surface area contributed by atoms with Gasteiger partial charge in [-0.05, 0) is 48.9 Å². The van der Waals surface area contributed by atoms with Gasteiger partial charge in [-0.15, -0.1) is 11.3 Å². The molecule has 1 heterocycles. The maximum atomic E-state index is 5.95. The second kappa shape index (κ2) is 8.69. The molecule has 1 aromatic heterocycles. The molecule has 0 saturated heterocycles. The van der Waals surface area contributed by atoms with Crippen molar-refractivity contribution in [2.75, 3.05) is 12.5 Å². The quantitative estimate of drug-likeness (QED) is 0.450. The second-order valence-corrected chi connectivity index (χ2v) is 6.94. The normalized spacial score (nSPS) is 10.9. The fourth-order valence-corrected chi connectivity index (χ4v) is 3.04. The predicted octanol–water partition coefficient (Wildman–Crippen LogP) is 5.14. The first-order valence-corrected chi connectivity index (χ1v) is 9.16. The summed E-state index contributed by atoms with van der Waals surface area (Å²) < 4.78 is 11.2. The van der Waals surface area contributed by atoms with Crippen molar-refractivity contribution in [1.29, 1.82) is 0 Å². The molecule has 5 nitrogen and oxygen atoms in total. The van der Waals surface area contributed by atoms with Crippen molar-refractivity contribution in [3.8, 4) is 11.5 Å². The Morgan fingerprint density at radius 2 is 2.12 bits per heavy atom. The van der Waals surface area contributed by atoms with Gasteiger partial charge in [0.15, 0.2) is 11.5 Å². The average molecular weight is 388 g/mol. The molecule has 0 aliphatic carbocycles. The third-order valence-corrected chi connectivity index (χ3v) is 4.52. The van der Waals surface area contributed by atoms with E-state index in [0.29, 0.717) is 23.1 Å². The maximum Gasteiger partial charge on any atom is 0.161 e. The van der Waals surface area contributed by atoms with Crippen LogP contribution >= 0.6 is 22.9 Å². The van der Waals surface area contributed by atoms with Gasteiger partial charge in [0.05, 0.1) is 29.7 Å². The highest BCUT2D eigenvalue weighted by Gasteiger charge is 2.07. The summed E-state index contributed by atoms with van der Waals surface area (Å²) in [7, 11) is 1.61. The van der Waals surface area contributed by atoms with E-state index < -0.39 is 0 Å². The molecule has 0 spiro atoms. The number of benzene rings is 2. The number of aryl methyl sites for hydroxylation is 1. The monoisotopic (exact) mass is 387 g/mol. The summed E-state index contributed by atoms with van der Waals surface area (Å²) in [6.45, 7) is 2.38. The smallest absolute Gasteiger partial charge is 0.161 e. The highest BCUT2D eigenvalue weighted by molar-refractivity contribution is 7.09. The number of nitrogens with zero attached hydrogens (tertiary/aromatic N) is 2. The Kier molecular flexibility index (Phi) is 6.09. The third-order valence-electron chi connectivity index (χ3n) is 3.46. The molecule has 0 atom stereocenters. The predicted molar refractivity (Wildman–Crippen MR) is 107 cm³/mol. The first-order chi connectivity index (χ1) is 12.6. The van der Waals surface area contributed by atoms with E-state index in [0.717, 1.165) is 22.0 Å². The van der Waals surface area contributed by atoms with Crippen LogP contribution in [0.3, 0.4) is 0 Å². The molecule has 0 unspecified atom stereocenters. The molecule has 0 saturated carbocycles. The van der Waals surface area contributed by atoms with Gasteiger partial charge in [0.25, 0.3) is 0 Å². The average Bonchev–Trinajstić information content (AvgIpc) is 3.06. The zero-order valence-electron chi connectivity index (χ0n) is 14.4. The van der Waals surface area contributed by atoms with E-state index in [-0.39, 0.29) is 0 Å². The van der Waals surface area contributed by atoms with Gasteiger partial charge in [-0.2, -0.15) is 5.10 Å². The summed E-state index contributed by atoms with van der Waals surface area (Å²) in [5.41, 5.74) is 5.55. The van der Waals surface area contributed by atoms with E-state index >= 15 is 0 Å². The highest BCUT2D eigenvalue weighted by Crippen LogP contribution is 2.28. The zero-order valence-corrected chi connectivity index (χ0v) is 16.0. The second-order valence-electron chi connectivity index (χ2n) is 5.44. The van der Waals surface area contributed by atoms with Gasteiger partial charge >= 0.3 is 0 Å². The van der Waals surface area contributed by atoms with Gasteiger partial charge in [0.1, 0.15) is 6.61 Å². The van der Waals surface area contributed by atoms with Crippen molar-refractivity contribution in [1.82, 2.24) is 4.98 Å². The van der Waals surface area contributed by atoms with E-state index in [1.165, 1.54) is 0 Å². The number of rotatable bonds is 7. The number of hydrazone groups is 1. The van der Waals surface area contributed by atoms with Crippen molar-refractivity contribution in [2.24, 2.45) is 5.10 Å². The lowest BCUT2D eigenvalue weighted by Gasteiger charge is -2.10. The molecule has 2 aromatic carbocycles. The number of aromatic nitrogens is 1. The fraction of sp³-hybridized carbons (Fsp3) is 0.158. The molecule has 3 rings (SSSR count). The van der Waals surface area contributed by atoms with Crippen LogP contribution in [0.5, 0.6) is 11.5 Å². The minimum atomic E-state index is 0.407. The van der Waals surface area contributed by atoms with Crippen LogP contribution in [0.4, 0.5) is 5.69 Å².